The summed E-state index contributed by atoms with van der Waals surface area (Å²) in [6.45, 7) is 7.50. The molecule has 1 N–H and O–H groups in total. The molecule has 5 nitrogen and oxygen atoms in total. The Bertz CT molecular complexity index is 1530. The van der Waals surface area contributed by atoms with Gasteiger partial charge in [-0.05, 0) is 51.1 Å². The van der Waals surface area contributed by atoms with Crippen molar-refractivity contribution in [1.82, 2.24) is 5.32 Å². The van der Waals surface area contributed by atoms with Gasteiger partial charge in [0.25, 0.3) is 0 Å². The third-order valence-electron chi connectivity index (χ3n) is 7.00. The number of anilines is 1. The second-order valence-corrected chi connectivity index (χ2v) is 13.3. The number of rotatable bonds is 8. The van der Waals surface area contributed by atoms with Crippen molar-refractivity contribution in [2.75, 3.05) is 18.2 Å². The highest BCUT2D eigenvalue weighted by atomic mass is 35.5. The van der Waals surface area contributed by atoms with Crippen LogP contribution in [0.25, 0.3) is 10.8 Å². The monoisotopic (exact) mass is 586 g/mol. The molecule has 0 bridgehead atoms. The van der Waals surface area contributed by atoms with E-state index in [9.17, 15) is 9.59 Å². The number of nitrogens with zero attached hydrogens (tertiary/aromatic N) is 1. The number of esters is 1. The molecule has 0 saturated heterocycles. The molecule has 0 saturated carbocycles. The van der Waals surface area contributed by atoms with E-state index in [4.69, 9.17) is 16.3 Å². The molecule has 0 aliphatic carbocycles. The average molecular weight is 587 g/mol. The van der Waals surface area contributed by atoms with Crippen molar-refractivity contribution >= 4 is 51.7 Å². The molecule has 0 unspecified atom stereocenters. The van der Waals surface area contributed by atoms with Crippen LogP contribution in [0.1, 0.15) is 49.1 Å². The fraction of sp³-hybridized carbons (Fsp3) is 0.294. The van der Waals surface area contributed by atoms with Crippen molar-refractivity contribution in [3.05, 3.63) is 113 Å². The zero-order valence-corrected chi connectivity index (χ0v) is 25.2. The van der Waals surface area contributed by atoms with Gasteiger partial charge in [-0.3, -0.25) is 14.9 Å². The summed E-state index contributed by atoms with van der Waals surface area (Å²) in [6, 6.07) is 30.2. The van der Waals surface area contributed by atoms with E-state index < -0.39 is 11.2 Å². The lowest BCUT2D eigenvalue weighted by atomic mass is 9.93. The minimum Gasteiger partial charge on any atom is -0.450 e. The third kappa shape index (κ3) is 7.13. The highest BCUT2D eigenvalue weighted by Gasteiger charge is 2.39. The lowest BCUT2D eigenvalue weighted by molar-refractivity contribution is -0.145. The van der Waals surface area contributed by atoms with E-state index in [1.165, 1.54) is 11.8 Å². The summed E-state index contributed by atoms with van der Waals surface area (Å²) in [5.41, 5.74) is 3.83. The Kier molecular flexibility index (Phi) is 9.03. The normalized spacial score (nSPS) is 17.3. The number of nitrogens with one attached hydrogen (secondary N) is 1. The fourth-order valence-electron chi connectivity index (χ4n) is 5.20. The molecule has 7 heteroatoms. The van der Waals surface area contributed by atoms with Crippen molar-refractivity contribution in [2.24, 2.45) is 5.41 Å². The van der Waals surface area contributed by atoms with Gasteiger partial charge in [0, 0.05) is 23.8 Å². The molecule has 0 radical (unpaired) electrons. The maximum absolute atomic E-state index is 14.2. The van der Waals surface area contributed by atoms with E-state index in [-0.39, 0.29) is 29.7 Å². The van der Waals surface area contributed by atoms with E-state index in [2.05, 4.69) is 50.4 Å². The highest BCUT2D eigenvalue weighted by molar-refractivity contribution is 8.01. The van der Waals surface area contributed by atoms with E-state index >= 15 is 0 Å². The van der Waals surface area contributed by atoms with E-state index in [0.717, 1.165) is 33.2 Å². The molecular weight excluding hydrogens is 552 g/mol. The molecule has 1 aliphatic rings. The van der Waals surface area contributed by atoms with Gasteiger partial charge in [0.1, 0.15) is 6.73 Å². The van der Waals surface area contributed by atoms with Crippen LogP contribution in [0.2, 0.25) is 5.02 Å². The molecule has 1 heterocycles. The lowest BCUT2D eigenvalue weighted by Crippen LogP contribution is -2.43. The molecule has 0 fully saturated rings. The number of thioether (sulfide) groups is 1. The van der Waals surface area contributed by atoms with E-state index in [0.29, 0.717) is 18.1 Å². The number of hydrogen-bond acceptors (Lipinski definition) is 5. The lowest BCUT2D eigenvalue weighted by Gasteiger charge is -2.31. The number of ether oxygens (including phenoxy) is 1. The number of halogens is 1. The molecule has 1 aliphatic heterocycles. The Labute approximate surface area is 251 Å². The number of fused-ring (bicyclic) bond motifs is 2. The highest BCUT2D eigenvalue weighted by Crippen LogP contribution is 2.49. The average Bonchev–Trinajstić information content (AvgIpc) is 3.05. The molecule has 2 atom stereocenters. The van der Waals surface area contributed by atoms with Crippen LogP contribution in [0.3, 0.4) is 0 Å². The Morgan fingerprint density at radius 1 is 0.951 bits per heavy atom. The molecule has 0 spiro atoms. The first-order chi connectivity index (χ1) is 19.7. The standard InChI is InChI=1S/C34H35ClN2O3S/c1-34(2,3)21-37-29-17-16-25(35)18-28(29)32(27-15-9-13-24-12-7-8-14-26(24)27)41-30(33(37)39)19-31(38)40-22-36-20-23-10-5-4-6-11-23/h4-18,30,32,36H,19-22H2,1-3H3/t30-,32-/m1/s1. The smallest absolute Gasteiger partial charge is 0.308 e. The first-order valence-electron chi connectivity index (χ1n) is 13.8. The second-order valence-electron chi connectivity index (χ2n) is 11.5. The van der Waals surface area contributed by atoms with Gasteiger partial charge in [0.15, 0.2) is 0 Å². The van der Waals surface area contributed by atoms with Crippen LogP contribution < -0.4 is 10.2 Å². The van der Waals surface area contributed by atoms with Crippen LogP contribution in [0.15, 0.2) is 91.0 Å². The Morgan fingerprint density at radius 2 is 1.68 bits per heavy atom. The minimum atomic E-state index is -0.630. The van der Waals surface area contributed by atoms with Crippen LogP contribution >= 0.6 is 23.4 Å². The topological polar surface area (TPSA) is 58.6 Å². The van der Waals surface area contributed by atoms with E-state index in [1.807, 2.05) is 71.6 Å². The van der Waals surface area contributed by atoms with Crippen molar-refractivity contribution in [3.8, 4) is 0 Å². The molecular formula is C34H35ClN2O3S. The molecule has 5 rings (SSSR count). The number of carbonyl (C=O) groups is 2. The molecule has 4 aromatic carbocycles. The number of amides is 1. The fourth-order valence-corrected chi connectivity index (χ4v) is 6.87. The van der Waals surface area contributed by atoms with Gasteiger partial charge in [-0.1, -0.05) is 105 Å². The first-order valence-corrected chi connectivity index (χ1v) is 15.2. The largest absolute Gasteiger partial charge is 0.450 e. The Morgan fingerprint density at radius 3 is 2.46 bits per heavy atom. The SMILES string of the molecule is CC(C)(C)CN1C(=O)[C@@H](CC(=O)OCNCc2ccccc2)S[C@H](c2cccc3ccccc23)c2cc(Cl)ccc21. The third-order valence-corrected chi connectivity index (χ3v) is 8.71. The van der Waals surface area contributed by atoms with Crippen LogP contribution in [-0.4, -0.2) is 30.4 Å². The Balaban J connectivity index is 1.46. The van der Waals surface area contributed by atoms with Crippen LogP contribution in [0.4, 0.5) is 5.69 Å². The van der Waals surface area contributed by atoms with Gasteiger partial charge in [0.2, 0.25) is 5.91 Å². The van der Waals surface area contributed by atoms with Gasteiger partial charge < -0.3 is 9.64 Å². The van der Waals surface area contributed by atoms with Gasteiger partial charge in [0.05, 0.1) is 16.9 Å². The van der Waals surface area contributed by atoms with Crippen LogP contribution in [-0.2, 0) is 20.9 Å². The van der Waals surface area contributed by atoms with Crippen molar-refractivity contribution in [2.45, 2.75) is 44.2 Å². The summed E-state index contributed by atoms with van der Waals surface area (Å²) in [5.74, 6) is -0.502. The molecule has 41 heavy (non-hydrogen) atoms. The second kappa shape index (κ2) is 12.7. The maximum atomic E-state index is 14.2. The van der Waals surface area contributed by atoms with Gasteiger partial charge in [-0.2, -0.15) is 0 Å². The molecule has 212 valence electrons. The van der Waals surface area contributed by atoms with Gasteiger partial charge in [-0.15, -0.1) is 11.8 Å². The first kappa shape index (κ1) is 29.2. The van der Waals surface area contributed by atoms with Crippen molar-refractivity contribution in [1.29, 1.82) is 0 Å². The predicted octanol–water partition coefficient (Wildman–Crippen LogP) is 7.76. The minimum absolute atomic E-state index is 0.0276. The van der Waals surface area contributed by atoms with Crippen molar-refractivity contribution in [3.63, 3.8) is 0 Å². The summed E-state index contributed by atoms with van der Waals surface area (Å²) in [6.07, 6.45) is -0.0276. The number of carbonyl (C=O) groups excluding carboxylic acids is 2. The zero-order valence-electron chi connectivity index (χ0n) is 23.6. The Hall–Kier alpha value is -3.32. The van der Waals surface area contributed by atoms with Crippen molar-refractivity contribution < 1.29 is 14.3 Å². The van der Waals surface area contributed by atoms with Crippen LogP contribution in [0, 0.1) is 5.41 Å². The molecule has 4 aromatic rings. The summed E-state index contributed by atoms with van der Waals surface area (Å²) in [7, 11) is 0. The van der Waals surface area contributed by atoms with E-state index in [1.54, 1.807) is 0 Å². The number of benzene rings is 4. The summed E-state index contributed by atoms with van der Waals surface area (Å²) in [5, 5.41) is 5.15. The summed E-state index contributed by atoms with van der Waals surface area (Å²) < 4.78 is 5.54. The quantitative estimate of drug-likeness (QED) is 0.130. The summed E-state index contributed by atoms with van der Waals surface area (Å²) >= 11 is 8.06. The summed E-state index contributed by atoms with van der Waals surface area (Å²) in [4.78, 5) is 29.1. The zero-order chi connectivity index (χ0) is 29.0. The predicted molar refractivity (Wildman–Crippen MR) is 169 cm³/mol. The number of hydrogen-bond donors (Lipinski definition) is 1. The van der Waals surface area contributed by atoms with Gasteiger partial charge >= 0.3 is 5.97 Å². The van der Waals surface area contributed by atoms with Crippen LogP contribution in [0.5, 0.6) is 0 Å². The molecule has 0 aromatic heterocycles. The van der Waals surface area contributed by atoms with Gasteiger partial charge in [-0.25, -0.2) is 0 Å². The molecule has 1 amide bonds. The maximum Gasteiger partial charge on any atom is 0.308 e.